The molecule has 0 aromatic heterocycles. The van der Waals surface area contributed by atoms with Gasteiger partial charge in [0.25, 0.3) is 0 Å². The standard InChI is InChI=1S/C17H26N2O2.ClH/c1-13-7-8-16(11-14(13)2)21-10-4-6-17(20)19-9-3-5-15(19)12-18;/h7-8,11,15H,3-6,9-10,12,18H2,1-2H3;1H. The van der Waals surface area contributed by atoms with Crippen molar-refractivity contribution in [2.45, 2.75) is 45.6 Å². The van der Waals surface area contributed by atoms with E-state index in [1.807, 2.05) is 17.0 Å². The molecule has 22 heavy (non-hydrogen) atoms. The summed E-state index contributed by atoms with van der Waals surface area (Å²) >= 11 is 0. The van der Waals surface area contributed by atoms with E-state index < -0.39 is 0 Å². The smallest absolute Gasteiger partial charge is 0.222 e. The molecule has 2 N–H and O–H groups in total. The second kappa shape index (κ2) is 9.01. The predicted molar refractivity (Wildman–Crippen MR) is 91.7 cm³/mol. The number of halogens is 1. The average Bonchev–Trinajstić information content (AvgIpc) is 2.95. The van der Waals surface area contributed by atoms with E-state index in [0.29, 0.717) is 19.6 Å². The van der Waals surface area contributed by atoms with Crippen molar-refractivity contribution in [3.8, 4) is 5.75 Å². The Morgan fingerprint density at radius 2 is 2.14 bits per heavy atom. The number of carbonyl (C=O) groups excluding carboxylic acids is 1. The lowest BCUT2D eigenvalue weighted by Gasteiger charge is -2.23. The van der Waals surface area contributed by atoms with Crippen LogP contribution in [-0.2, 0) is 4.79 Å². The van der Waals surface area contributed by atoms with Crippen LogP contribution in [0.4, 0.5) is 0 Å². The minimum Gasteiger partial charge on any atom is -0.494 e. The number of ether oxygens (including phenoxy) is 1. The van der Waals surface area contributed by atoms with Gasteiger partial charge in [0.15, 0.2) is 0 Å². The minimum absolute atomic E-state index is 0. The fraction of sp³-hybridized carbons (Fsp3) is 0.588. The van der Waals surface area contributed by atoms with Gasteiger partial charge in [0.2, 0.25) is 5.91 Å². The normalized spacial score (nSPS) is 17.2. The molecular formula is C17H27ClN2O2. The van der Waals surface area contributed by atoms with E-state index in [0.717, 1.165) is 31.6 Å². The van der Waals surface area contributed by atoms with Gasteiger partial charge in [-0.3, -0.25) is 4.79 Å². The lowest BCUT2D eigenvalue weighted by atomic mass is 10.1. The summed E-state index contributed by atoms with van der Waals surface area (Å²) in [5.74, 6) is 1.10. The molecule has 0 bridgehead atoms. The summed E-state index contributed by atoms with van der Waals surface area (Å²) in [7, 11) is 0. The average molecular weight is 327 g/mol. The summed E-state index contributed by atoms with van der Waals surface area (Å²) in [6, 6.07) is 6.33. The number of carbonyl (C=O) groups is 1. The molecule has 1 saturated heterocycles. The van der Waals surface area contributed by atoms with Gasteiger partial charge < -0.3 is 15.4 Å². The summed E-state index contributed by atoms with van der Waals surface area (Å²) in [6.07, 6.45) is 3.41. The maximum absolute atomic E-state index is 12.1. The molecule has 1 fully saturated rings. The van der Waals surface area contributed by atoms with Crippen molar-refractivity contribution in [1.29, 1.82) is 0 Å². The van der Waals surface area contributed by atoms with E-state index in [9.17, 15) is 4.79 Å². The van der Waals surface area contributed by atoms with E-state index in [-0.39, 0.29) is 24.4 Å². The fourth-order valence-electron chi connectivity index (χ4n) is 2.77. The van der Waals surface area contributed by atoms with Gasteiger partial charge in [-0.1, -0.05) is 6.07 Å². The van der Waals surface area contributed by atoms with Crippen molar-refractivity contribution < 1.29 is 9.53 Å². The molecule has 0 saturated carbocycles. The van der Waals surface area contributed by atoms with Crippen LogP contribution in [-0.4, -0.2) is 36.5 Å². The number of aryl methyl sites for hydroxylation is 2. The molecule has 0 aliphatic carbocycles. The maximum Gasteiger partial charge on any atom is 0.222 e. The van der Waals surface area contributed by atoms with Crippen LogP contribution in [0.3, 0.4) is 0 Å². The van der Waals surface area contributed by atoms with Gasteiger partial charge in [-0.15, -0.1) is 12.4 Å². The number of rotatable bonds is 6. The van der Waals surface area contributed by atoms with Crippen LogP contribution in [0.2, 0.25) is 0 Å². The van der Waals surface area contributed by atoms with Crippen molar-refractivity contribution in [2.75, 3.05) is 19.7 Å². The maximum atomic E-state index is 12.1. The van der Waals surface area contributed by atoms with E-state index in [4.69, 9.17) is 10.5 Å². The summed E-state index contributed by atoms with van der Waals surface area (Å²) in [4.78, 5) is 14.1. The molecule has 0 radical (unpaired) electrons. The van der Waals surface area contributed by atoms with Crippen LogP contribution >= 0.6 is 12.4 Å². The molecule has 1 amide bonds. The van der Waals surface area contributed by atoms with Crippen molar-refractivity contribution >= 4 is 18.3 Å². The Balaban J connectivity index is 0.00000242. The number of nitrogens with two attached hydrogens (primary N) is 1. The number of likely N-dealkylation sites (tertiary alicyclic amines) is 1. The Labute approximate surface area is 139 Å². The zero-order chi connectivity index (χ0) is 15.2. The summed E-state index contributed by atoms with van der Waals surface area (Å²) in [6.45, 7) is 6.17. The zero-order valence-electron chi connectivity index (χ0n) is 13.5. The molecule has 1 aliphatic heterocycles. The van der Waals surface area contributed by atoms with Crippen molar-refractivity contribution in [1.82, 2.24) is 4.90 Å². The second-order valence-corrected chi connectivity index (χ2v) is 5.82. The van der Waals surface area contributed by atoms with Crippen LogP contribution in [0.15, 0.2) is 18.2 Å². The van der Waals surface area contributed by atoms with Crippen LogP contribution < -0.4 is 10.5 Å². The Kier molecular flexibility index (Phi) is 7.69. The monoisotopic (exact) mass is 326 g/mol. The van der Waals surface area contributed by atoms with E-state index in [2.05, 4.69) is 19.9 Å². The first-order chi connectivity index (χ1) is 10.1. The van der Waals surface area contributed by atoms with Gasteiger partial charge in [0.1, 0.15) is 5.75 Å². The van der Waals surface area contributed by atoms with Gasteiger partial charge in [0.05, 0.1) is 6.61 Å². The van der Waals surface area contributed by atoms with Crippen molar-refractivity contribution in [3.05, 3.63) is 29.3 Å². The minimum atomic E-state index is 0. The van der Waals surface area contributed by atoms with E-state index in [1.165, 1.54) is 11.1 Å². The first kappa shape index (κ1) is 18.8. The Hall–Kier alpha value is -1.26. The molecule has 5 heteroatoms. The van der Waals surface area contributed by atoms with E-state index in [1.54, 1.807) is 0 Å². The largest absolute Gasteiger partial charge is 0.494 e. The molecule has 1 aromatic carbocycles. The van der Waals surface area contributed by atoms with Gasteiger partial charge in [-0.05, 0) is 56.4 Å². The predicted octanol–water partition coefficient (Wildman–Crippen LogP) is 2.83. The zero-order valence-corrected chi connectivity index (χ0v) is 14.3. The third-order valence-corrected chi connectivity index (χ3v) is 4.25. The number of hydrogen-bond acceptors (Lipinski definition) is 3. The number of amides is 1. The van der Waals surface area contributed by atoms with Crippen LogP contribution in [0.25, 0.3) is 0 Å². The SMILES string of the molecule is Cc1ccc(OCCCC(=O)N2CCCC2CN)cc1C.Cl. The molecule has 1 aliphatic rings. The summed E-state index contributed by atoms with van der Waals surface area (Å²) in [5.41, 5.74) is 8.19. The highest BCUT2D eigenvalue weighted by atomic mass is 35.5. The Morgan fingerprint density at radius 3 is 2.82 bits per heavy atom. The van der Waals surface area contributed by atoms with E-state index >= 15 is 0 Å². The summed E-state index contributed by atoms with van der Waals surface area (Å²) in [5, 5.41) is 0. The molecular weight excluding hydrogens is 300 g/mol. The van der Waals surface area contributed by atoms with Crippen molar-refractivity contribution in [3.63, 3.8) is 0 Å². The first-order valence-corrected chi connectivity index (χ1v) is 7.81. The molecule has 1 atom stereocenters. The molecule has 124 valence electrons. The van der Waals surface area contributed by atoms with Crippen LogP contribution in [0, 0.1) is 13.8 Å². The summed E-state index contributed by atoms with van der Waals surface area (Å²) < 4.78 is 5.71. The van der Waals surface area contributed by atoms with Gasteiger partial charge in [-0.2, -0.15) is 0 Å². The highest BCUT2D eigenvalue weighted by molar-refractivity contribution is 5.85. The molecule has 0 spiro atoms. The lowest BCUT2D eigenvalue weighted by Crippen LogP contribution is -2.39. The van der Waals surface area contributed by atoms with Crippen molar-refractivity contribution in [2.24, 2.45) is 5.73 Å². The number of nitrogens with zero attached hydrogens (tertiary/aromatic N) is 1. The molecule has 1 aromatic rings. The third kappa shape index (κ3) is 4.89. The topological polar surface area (TPSA) is 55.6 Å². The van der Waals surface area contributed by atoms with Gasteiger partial charge >= 0.3 is 0 Å². The molecule has 4 nitrogen and oxygen atoms in total. The molecule has 1 unspecified atom stereocenters. The Morgan fingerprint density at radius 1 is 1.36 bits per heavy atom. The second-order valence-electron chi connectivity index (χ2n) is 5.82. The van der Waals surface area contributed by atoms with Crippen LogP contribution in [0.1, 0.15) is 36.8 Å². The Bertz CT molecular complexity index is 494. The van der Waals surface area contributed by atoms with Crippen LogP contribution in [0.5, 0.6) is 5.75 Å². The number of benzene rings is 1. The number of hydrogen-bond donors (Lipinski definition) is 1. The van der Waals surface area contributed by atoms with Gasteiger partial charge in [-0.25, -0.2) is 0 Å². The highest BCUT2D eigenvalue weighted by Gasteiger charge is 2.26. The fourth-order valence-corrected chi connectivity index (χ4v) is 2.77. The quantitative estimate of drug-likeness (QED) is 0.818. The molecule has 1 heterocycles. The first-order valence-electron chi connectivity index (χ1n) is 7.81. The molecule has 2 rings (SSSR count). The highest BCUT2D eigenvalue weighted by Crippen LogP contribution is 2.19. The third-order valence-electron chi connectivity index (χ3n) is 4.25. The van der Waals surface area contributed by atoms with Gasteiger partial charge in [0, 0.05) is 25.6 Å². The lowest BCUT2D eigenvalue weighted by molar-refractivity contribution is -0.132.